The van der Waals surface area contributed by atoms with Gasteiger partial charge in [0, 0.05) is 11.5 Å². The molecule has 12 atom stereocenters. The Balaban J connectivity index is 1.12. The molecule has 0 spiro atoms. The second kappa shape index (κ2) is 9.27. The Hall–Kier alpha value is -1.03. The van der Waals surface area contributed by atoms with Crippen molar-refractivity contribution in [2.45, 2.75) is 108 Å². The van der Waals surface area contributed by atoms with Gasteiger partial charge in [-0.2, -0.15) is 0 Å². The number of aliphatic hydroxyl groups is 3. The summed E-state index contributed by atoms with van der Waals surface area (Å²) < 4.78 is 17.2. The normalized spacial score (nSPS) is 53.6. The van der Waals surface area contributed by atoms with E-state index in [2.05, 4.69) is 13.8 Å². The quantitative estimate of drug-likeness (QED) is 0.415. The van der Waals surface area contributed by atoms with Crippen molar-refractivity contribution in [3.05, 3.63) is 11.6 Å². The minimum absolute atomic E-state index is 0.123. The van der Waals surface area contributed by atoms with Gasteiger partial charge in [0.15, 0.2) is 0 Å². The maximum absolute atomic E-state index is 12.4. The molecule has 5 N–H and O–H groups in total. The second-order valence-electron chi connectivity index (χ2n) is 13.5. The van der Waals surface area contributed by atoms with Crippen LogP contribution in [0.4, 0.5) is 0 Å². The molecule has 2 heterocycles. The molecule has 8 nitrogen and oxygen atoms in total. The highest BCUT2D eigenvalue weighted by Crippen LogP contribution is 2.70. The number of ether oxygens (including phenoxy) is 3. The van der Waals surface area contributed by atoms with Gasteiger partial charge in [0.25, 0.3) is 0 Å². The molecule has 4 unspecified atom stereocenters. The molecule has 208 valence electrons. The zero-order chi connectivity index (χ0) is 26.2. The van der Waals surface area contributed by atoms with Crippen LogP contribution in [0.2, 0.25) is 0 Å². The average Bonchev–Trinajstić information content (AvgIpc) is 3.42. The lowest BCUT2D eigenvalue weighted by atomic mass is 9.43. The predicted octanol–water partition coefficient (Wildman–Crippen LogP) is 2.08. The number of nitrogens with two attached hydrogens (primary N) is 1. The Labute approximate surface area is 219 Å². The summed E-state index contributed by atoms with van der Waals surface area (Å²) in [5, 5.41) is 32.8. The Kier molecular flexibility index (Phi) is 6.57. The molecule has 37 heavy (non-hydrogen) atoms. The first kappa shape index (κ1) is 26.2. The molecular formula is C29H45NO7. The highest BCUT2D eigenvalue weighted by Gasteiger charge is 2.67. The smallest absolute Gasteiger partial charge is 0.331 e. The molecule has 4 saturated carbocycles. The lowest BCUT2D eigenvalue weighted by Gasteiger charge is -2.63. The predicted molar refractivity (Wildman–Crippen MR) is 135 cm³/mol. The molecule has 8 heteroatoms. The summed E-state index contributed by atoms with van der Waals surface area (Å²) in [4.78, 5) is 11.8. The van der Waals surface area contributed by atoms with E-state index in [1.165, 1.54) is 0 Å². The molecule has 0 bridgehead atoms. The van der Waals surface area contributed by atoms with Crippen LogP contribution >= 0.6 is 0 Å². The minimum atomic E-state index is -1.02. The van der Waals surface area contributed by atoms with Crippen molar-refractivity contribution >= 4 is 5.97 Å². The van der Waals surface area contributed by atoms with E-state index >= 15 is 0 Å². The van der Waals surface area contributed by atoms with E-state index in [-0.39, 0.29) is 42.0 Å². The molecule has 2 aliphatic heterocycles. The van der Waals surface area contributed by atoms with Crippen molar-refractivity contribution in [3.63, 3.8) is 0 Å². The number of hydrogen-bond donors (Lipinski definition) is 4. The number of carbonyl (C=O) groups is 1. The summed E-state index contributed by atoms with van der Waals surface area (Å²) in [5.74, 6) is 1.34. The molecule has 0 radical (unpaired) electrons. The number of esters is 1. The van der Waals surface area contributed by atoms with Crippen LogP contribution in [0.5, 0.6) is 0 Å². The fraction of sp³-hybridized carbons (Fsp3) is 0.897. The number of rotatable bonds is 4. The number of fused-ring (bicyclic) bond motifs is 5. The summed E-state index contributed by atoms with van der Waals surface area (Å²) in [6.07, 6.45) is 8.29. The maximum atomic E-state index is 12.4. The number of aliphatic hydroxyl groups excluding tert-OH is 2. The van der Waals surface area contributed by atoms with E-state index in [4.69, 9.17) is 19.9 Å². The van der Waals surface area contributed by atoms with Crippen molar-refractivity contribution in [1.29, 1.82) is 0 Å². The monoisotopic (exact) mass is 519 g/mol. The van der Waals surface area contributed by atoms with Crippen molar-refractivity contribution in [2.75, 3.05) is 19.8 Å². The molecule has 0 amide bonds. The standard InChI is InChI=1S/C29H45NO7/c1-27-8-5-18(35-15-23-26(33)25(32)22(30)14-36-23)12-17(27)3-4-21-20(27)6-9-28(2)19(7-10-29(21,28)34)16-11-24(31)37-13-16/h11,17-23,25-26,32-34H,3-10,12-15,30H2,1-2H3/t17?,18-,19+,20?,21?,22-,23-,25?,26+,27-,28+,29-/m0/s1. The van der Waals surface area contributed by atoms with E-state index < -0.39 is 30.0 Å². The van der Waals surface area contributed by atoms with E-state index in [0.717, 1.165) is 63.4 Å². The molecule has 0 aromatic rings. The fourth-order valence-corrected chi connectivity index (χ4v) is 9.80. The third-order valence-corrected chi connectivity index (χ3v) is 12.1. The summed E-state index contributed by atoms with van der Waals surface area (Å²) >= 11 is 0. The van der Waals surface area contributed by atoms with Crippen molar-refractivity contribution < 1.29 is 34.3 Å². The molecule has 6 aliphatic rings. The van der Waals surface area contributed by atoms with Gasteiger partial charge in [-0.1, -0.05) is 13.8 Å². The Bertz CT molecular complexity index is 941. The summed E-state index contributed by atoms with van der Waals surface area (Å²) in [6, 6.07) is -0.565. The van der Waals surface area contributed by atoms with Crippen LogP contribution in [0.3, 0.4) is 0 Å². The number of hydrogen-bond acceptors (Lipinski definition) is 8. The lowest BCUT2D eigenvalue weighted by Crippen LogP contribution is -2.62. The van der Waals surface area contributed by atoms with Crippen LogP contribution in [-0.4, -0.2) is 77.2 Å². The van der Waals surface area contributed by atoms with E-state index in [9.17, 15) is 20.1 Å². The topological polar surface area (TPSA) is 131 Å². The van der Waals surface area contributed by atoms with Gasteiger partial charge in [0.1, 0.15) is 18.8 Å². The Morgan fingerprint density at radius 2 is 1.86 bits per heavy atom. The van der Waals surface area contributed by atoms with Gasteiger partial charge in [-0.05, 0) is 92.4 Å². The summed E-state index contributed by atoms with van der Waals surface area (Å²) in [7, 11) is 0. The number of carbonyl (C=O) groups excluding carboxylic acids is 1. The van der Waals surface area contributed by atoms with Crippen LogP contribution in [0, 0.1) is 34.5 Å². The third kappa shape index (κ3) is 3.96. The van der Waals surface area contributed by atoms with Crippen molar-refractivity contribution in [2.24, 2.45) is 40.2 Å². The summed E-state index contributed by atoms with van der Waals surface area (Å²) in [5.41, 5.74) is 6.17. The van der Waals surface area contributed by atoms with Gasteiger partial charge >= 0.3 is 5.97 Å². The largest absolute Gasteiger partial charge is 0.458 e. The molecule has 0 aromatic carbocycles. The zero-order valence-corrected chi connectivity index (χ0v) is 22.3. The molecule has 6 rings (SSSR count). The first-order chi connectivity index (χ1) is 17.6. The highest BCUT2D eigenvalue weighted by molar-refractivity contribution is 5.85. The first-order valence-corrected chi connectivity index (χ1v) is 14.5. The van der Waals surface area contributed by atoms with Crippen LogP contribution in [-0.2, 0) is 19.0 Å². The van der Waals surface area contributed by atoms with E-state index in [0.29, 0.717) is 24.4 Å². The minimum Gasteiger partial charge on any atom is -0.458 e. The molecule has 0 aromatic heterocycles. The lowest BCUT2D eigenvalue weighted by molar-refractivity contribution is -0.213. The average molecular weight is 520 g/mol. The van der Waals surface area contributed by atoms with Gasteiger partial charge in [0.05, 0.1) is 37.1 Å². The fourth-order valence-electron chi connectivity index (χ4n) is 9.80. The van der Waals surface area contributed by atoms with Crippen LogP contribution in [0.15, 0.2) is 11.6 Å². The van der Waals surface area contributed by atoms with E-state index in [1.807, 2.05) is 0 Å². The van der Waals surface area contributed by atoms with Gasteiger partial charge in [-0.3, -0.25) is 0 Å². The second-order valence-corrected chi connectivity index (χ2v) is 13.5. The summed E-state index contributed by atoms with van der Waals surface area (Å²) in [6.45, 7) is 5.62. The van der Waals surface area contributed by atoms with Crippen LogP contribution in [0.25, 0.3) is 0 Å². The first-order valence-electron chi connectivity index (χ1n) is 14.5. The van der Waals surface area contributed by atoms with E-state index in [1.54, 1.807) is 6.08 Å². The molecule has 5 fully saturated rings. The number of cyclic esters (lactones) is 1. The molecule has 4 aliphatic carbocycles. The van der Waals surface area contributed by atoms with Gasteiger partial charge < -0.3 is 35.3 Å². The Morgan fingerprint density at radius 1 is 1.05 bits per heavy atom. The molecular weight excluding hydrogens is 474 g/mol. The Morgan fingerprint density at radius 3 is 2.62 bits per heavy atom. The molecule has 1 saturated heterocycles. The van der Waals surface area contributed by atoms with Gasteiger partial charge in [-0.25, -0.2) is 4.79 Å². The highest BCUT2D eigenvalue weighted by atomic mass is 16.6. The maximum Gasteiger partial charge on any atom is 0.331 e. The van der Waals surface area contributed by atoms with Gasteiger partial charge in [0.2, 0.25) is 0 Å². The van der Waals surface area contributed by atoms with Crippen molar-refractivity contribution in [3.8, 4) is 0 Å². The van der Waals surface area contributed by atoms with Crippen molar-refractivity contribution in [1.82, 2.24) is 0 Å². The van der Waals surface area contributed by atoms with Crippen LogP contribution in [0.1, 0.15) is 71.6 Å². The zero-order valence-electron chi connectivity index (χ0n) is 22.3. The third-order valence-electron chi connectivity index (χ3n) is 12.1. The SMILES string of the molecule is C[C@]12CC[C@H](OC[C@@H]3OC[C@H](N)C(O)[C@@H]3O)CC1CCC1C2CC[C@]2(C)[C@@H](C3=CC(=O)OC3)CC[C@]12O. The van der Waals surface area contributed by atoms with Crippen LogP contribution < -0.4 is 5.73 Å². The van der Waals surface area contributed by atoms with Gasteiger partial charge in [-0.15, -0.1) is 0 Å².